The molecule has 5 nitrogen and oxygen atoms in total. The van der Waals surface area contributed by atoms with Gasteiger partial charge in [0.25, 0.3) is 0 Å². The monoisotopic (exact) mass is 320 g/mol. The number of nitrogens with zero attached hydrogens (tertiary/aromatic N) is 1. The number of ether oxygens (including phenoxy) is 1. The van der Waals surface area contributed by atoms with Crippen molar-refractivity contribution in [2.45, 2.75) is 32.9 Å². The Morgan fingerprint density at radius 1 is 1.35 bits per heavy atom. The predicted octanol–water partition coefficient (Wildman–Crippen LogP) is 1.54. The minimum absolute atomic E-state index is 0.0435. The Morgan fingerprint density at radius 3 is 2.78 bits per heavy atom. The van der Waals surface area contributed by atoms with Crippen LogP contribution in [0.15, 0.2) is 24.3 Å². The van der Waals surface area contributed by atoms with Crippen LogP contribution in [0.4, 0.5) is 0 Å². The molecule has 2 N–H and O–H groups in total. The molecular weight excluding hydrogens is 292 g/mol. The van der Waals surface area contributed by atoms with Crippen molar-refractivity contribution < 1.29 is 14.6 Å². The van der Waals surface area contributed by atoms with E-state index in [0.29, 0.717) is 32.2 Å². The zero-order valence-corrected chi connectivity index (χ0v) is 14.0. The average molecular weight is 320 g/mol. The molecule has 128 valence electrons. The zero-order chi connectivity index (χ0) is 16.5. The first-order valence-corrected chi connectivity index (χ1v) is 8.46. The number of hydrogen-bond donors (Lipinski definition) is 2. The number of amides is 1. The van der Waals surface area contributed by atoms with Gasteiger partial charge in [0.1, 0.15) is 0 Å². The van der Waals surface area contributed by atoms with E-state index in [-0.39, 0.29) is 12.5 Å². The number of benzene rings is 1. The molecule has 1 aromatic carbocycles. The van der Waals surface area contributed by atoms with Crippen LogP contribution in [0, 0.1) is 5.92 Å². The predicted molar refractivity (Wildman–Crippen MR) is 89.9 cm³/mol. The molecule has 1 heterocycles. The quantitative estimate of drug-likeness (QED) is 0.763. The van der Waals surface area contributed by atoms with Crippen molar-refractivity contribution in [1.29, 1.82) is 0 Å². The van der Waals surface area contributed by atoms with Crippen LogP contribution in [0.1, 0.15) is 30.9 Å². The van der Waals surface area contributed by atoms with E-state index in [1.54, 1.807) is 0 Å². The fourth-order valence-corrected chi connectivity index (χ4v) is 2.88. The molecule has 0 saturated carbocycles. The normalized spacial score (nSPS) is 18.8. The van der Waals surface area contributed by atoms with Gasteiger partial charge >= 0.3 is 0 Å². The van der Waals surface area contributed by atoms with E-state index >= 15 is 0 Å². The molecule has 1 saturated heterocycles. The Bertz CT molecular complexity index is 476. The third kappa shape index (κ3) is 6.29. The van der Waals surface area contributed by atoms with Crippen LogP contribution in [0.3, 0.4) is 0 Å². The zero-order valence-electron chi connectivity index (χ0n) is 14.0. The third-order valence-electron chi connectivity index (χ3n) is 4.21. The maximum absolute atomic E-state index is 12.1. The van der Waals surface area contributed by atoms with Gasteiger partial charge in [0.15, 0.2) is 0 Å². The highest BCUT2D eigenvalue weighted by atomic mass is 16.5. The van der Waals surface area contributed by atoms with Crippen molar-refractivity contribution in [3.8, 4) is 0 Å². The summed E-state index contributed by atoms with van der Waals surface area (Å²) in [4.78, 5) is 14.2. The lowest BCUT2D eigenvalue weighted by Crippen LogP contribution is -2.43. The van der Waals surface area contributed by atoms with Crippen LogP contribution in [0.2, 0.25) is 0 Å². The summed E-state index contributed by atoms with van der Waals surface area (Å²) in [5.74, 6) is 0.358. The summed E-state index contributed by atoms with van der Waals surface area (Å²) in [6.45, 7) is 6.26. The maximum atomic E-state index is 12.1. The summed E-state index contributed by atoms with van der Waals surface area (Å²) in [6, 6.07) is 8.12. The summed E-state index contributed by atoms with van der Waals surface area (Å²) in [5.41, 5.74) is 2.23. The molecule has 1 aliphatic rings. The van der Waals surface area contributed by atoms with Gasteiger partial charge in [0, 0.05) is 26.3 Å². The minimum Gasteiger partial charge on any atom is -0.396 e. The first kappa shape index (κ1) is 17.9. The molecule has 1 aliphatic heterocycles. The van der Waals surface area contributed by atoms with Gasteiger partial charge in [-0.2, -0.15) is 0 Å². The Hall–Kier alpha value is -1.43. The van der Waals surface area contributed by atoms with Gasteiger partial charge in [0.05, 0.1) is 13.2 Å². The molecule has 5 heteroatoms. The largest absolute Gasteiger partial charge is 0.396 e. The fraction of sp³-hybridized carbons (Fsp3) is 0.611. The molecule has 0 aliphatic carbocycles. The lowest BCUT2D eigenvalue weighted by molar-refractivity contribution is -0.122. The molecule has 0 spiro atoms. The van der Waals surface area contributed by atoms with Crippen molar-refractivity contribution in [3.05, 3.63) is 35.4 Å². The molecule has 2 rings (SSSR count). The maximum Gasteiger partial charge on any atom is 0.234 e. The van der Waals surface area contributed by atoms with Gasteiger partial charge in [-0.3, -0.25) is 9.69 Å². The Labute approximate surface area is 138 Å². The Morgan fingerprint density at radius 2 is 2.09 bits per heavy atom. The number of carbonyl (C=O) groups is 1. The highest BCUT2D eigenvalue weighted by Gasteiger charge is 2.20. The van der Waals surface area contributed by atoms with Gasteiger partial charge in [-0.25, -0.2) is 0 Å². The molecular formula is C18H28N2O3. The first-order valence-electron chi connectivity index (χ1n) is 8.46. The number of rotatable bonds is 8. The van der Waals surface area contributed by atoms with Crippen LogP contribution < -0.4 is 5.32 Å². The van der Waals surface area contributed by atoms with Crippen molar-refractivity contribution in [2.24, 2.45) is 5.92 Å². The summed E-state index contributed by atoms with van der Waals surface area (Å²) in [6.07, 6.45) is 2.11. The van der Waals surface area contributed by atoms with Crippen LogP contribution in [-0.2, 0) is 22.7 Å². The summed E-state index contributed by atoms with van der Waals surface area (Å²) in [5, 5.41) is 12.2. The van der Waals surface area contributed by atoms with Crippen molar-refractivity contribution in [3.63, 3.8) is 0 Å². The van der Waals surface area contributed by atoms with Crippen LogP contribution in [-0.4, -0.2) is 48.8 Å². The number of nitrogens with one attached hydrogen (secondary N) is 1. The standard InChI is InChI=1S/C18H28N2O3/c1-2-23-14-16-7-5-15(6-8-16)10-19-18(22)12-20-9-3-4-17(11-20)13-21/h5-8,17,21H,2-4,9-14H2,1H3,(H,19,22). The van der Waals surface area contributed by atoms with Crippen LogP contribution in [0.5, 0.6) is 0 Å². The molecule has 1 amide bonds. The van der Waals surface area contributed by atoms with E-state index in [0.717, 1.165) is 37.1 Å². The summed E-state index contributed by atoms with van der Waals surface area (Å²) in [7, 11) is 0. The van der Waals surface area contributed by atoms with Crippen LogP contribution in [0.25, 0.3) is 0 Å². The summed E-state index contributed by atoms with van der Waals surface area (Å²) >= 11 is 0. The van der Waals surface area contributed by atoms with E-state index < -0.39 is 0 Å². The van der Waals surface area contributed by atoms with Gasteiger partial charge in [0.2, 0.25) is 5.91 Å². The highest BCUT2D eigenvalue weighted by Crippen LogP contribution is 2.15. The molecule has 1 unspecified atom stereocenters. The molecule has 0 radical (unpaired) electrons. The molecule has 1 aromatic rings. The topological polar surface area (TPSA) is 61.8 Å². The van der Waals surface area contributed by atoms with E-state index in [9.17, 15) is 9.90 Å². The number of likely N-dealkylation sites (tertiary alicyclic amines) is 1. The Balaban J connectivity index is 1.71. The second-order valence-corrected chi connectivity index (χ2v) is 6.16. The SMILES string of the molecule is CCOCc1ccc(CNC(=O)CN2CCCC(CO)C2)cc1. The lowest BCUT2D eigenvalue weighted by Gasteiger charge is -2.31. The number of piperidine rings is 1. The molecule has 1 fully saturated rings. The van der Waals surface area contributed by atoms with E-state index in [2.05, 4.69) is 10.2 Å². The number of carbonyl (C=O) groups excluding carboxylic acids is 1. The number of hydrogen-bond acceptors (Lipinski definition) is 4. The fourth-order valence-electron chi connectivity index (χ4n) is 2.88. The van der Waals surface area contributed by atoms with Gasteiger partial charge in [-0.1, -0.05) is 24.3 Å². The third-order valence-corrected chi connectivity index (χ3v) is 4.21. The second-order valence-electron chi connectivity index (χ2n) is 6.16. The van der Waals surface area contributed by atoms with Gasteiger partial charge in [-0.15, -0.1) is 0 Å². The number of aliphatic hydroxyl groups is 1. The molecule has 0 aromatic heterocycles. The van der Waals surface area contributed by atoms with E-state index in [1.165, 1.54) is 0 Å². The highest BCUT2D eigenvalue weighted by molar-refractivity contribution is 5.78. The van der Waals surface area contributed by atoms with Crippen molar-refractivity contribution >= 4 is 5.91 Å². The second kappa shape index (κ2) is 9.65. The smallest absolute Gasteiger partial charge is 0.234 e. The van der Waals surface area contributed by atoms with Crippen molar-refractivity contribution in [1.82, 2.24) is 10.2 Å². The number of aliphatic hydroxyl groups excluding tert-OH is 1. The van der Waals surface area contributed by atoms with Gasteiger partial charge < -0.3 is 15.2 Å². The van der Waals surface area contributed by atoms with Crippen LogP contribution >= 0.6 is 0 Å². The first-order chi connectivity index (χ1) is 11.2. The lowest BCUT2D eigenvalue weighted by atomic mass is 9.99. The molecule has 23 heavy (non-hydrogen) atoms. The minimum atomic E-state index is 0.0435. The van der Waals surface area contributed by atoms with Crippen molar-refractivity contribution in [2.75, 3.05) is 32.8 Å². The molecule has 1 atom stereocenters. The van der Waals surface area contributed by atoms with E-state index in [4.69, 9.17) is 4.74 Å². The van der Waals surface area contributed by atoms with Gasteiger partial charge in [-0.05, 0) is 43.4 Å². The average Bonchev–Trinajstić information content (AvgIpc) is 2.59. The Kier molecular flexibility index (Phi) is 7.52. The van der Waals surface area contributed by atoms with E-state index in [1.807, 2.05) is 31.2 Å². The molecule has 0 bridgehead atoms. The summed E-state index contributed by atoms with van der Waals surface area (Å²) < 4.78 is 5.37.